The average Bonchev–Trinajstić information content (AvgIpc) is 3.19. The highest BCUT2D eigenvalue weighted by molar-refractivity contribution is 9.10. The molecule has 5 nitrogen and oxygen atoms in total. The minimum atomic E-state index is -0.0841. The highest BCUT2D eigenvalue weighted by atomic mass is 79.9. The van der Waals surface area contributed by atoms with Gasteiger partial charge in [-0.1, -0.05) is 33.8 Å². The van der Waals surface area contributed by atoms with Gasteiger partial charge in [0, 0.05) is 10.2 Å². The fraction of sp³-hybridized carbons (Fsp3) is 0.133. The Balaban J connectivity index is 1.55. The summed E-state index contributed by atoms with van der Waals surface area (Å²) in [6.07, 6.45) is 0. The van der Waals surface area contributed by atoms with Gasteiger partial charge in [0.1, 0.15) is 0 Å². The number of hydrogen-bond acceptors (Lipinski definition) is 5. The highest BCUT2D eigenvalue weighted by Gasteiger charge is 2.10. The third-order valence-corrected chi connectivity index (χ3v) is 5.61. The van der Waals surface area contributed by atoms with Crippen LogP contribution in [0.3, 0.4) is 0 Å². The molecule has 0 aliphatic heterocycles. The SMILES string of the molecule is Cc1cc(NC(=O)CSc2n[nH]c(-c3cccs3)n2)ccc1Br. The number of nitrogens with zero attached hydrogens (tertiary/aromatic N) is 2. The van der Waals surface area contributed by atoms with Crippen molar-refractivity contribution in [3.05, 3.63) is 45.7 Å². The number of rotatable bonds is 5. The molecule has 0 radical (unpaired) electrons. The van der Waals surface area contributed by atoms with Crippen LogP contribution in [0.5, 0.6) is 0 Å². The molecule has 0 saturated carbocycles. The summed E-state index contributed by atoms with van der Waals surface area (Å²) in [6.45, 7) is 1.98. The molecule has 0 aliphatic rings. The van der Waals surface area contributed by atoms with E-state index in [-0.39, 0.29) is 11.7 Å². The number of carbonyl (C=O) groups is 1. The fourth-order valence-electron chi connectivity index (χ4n) is 1.88. The van der Waals surface area contributed by atoms with E-state index in [1.807, 2.05) is 42.6 Å². The molecule has 0 saturated heterocycles. The van der Waals surface area contributed by atoms with Gasteiger partial charge in [0.05, 0.1) is 10.6 Å². The lowest BCUT2D eigenvalue weighted by atomic mass is 10.2. The van der Waals surface area contributed by atoms with E-state index in [0.29, 0.717) is 5.16 Å². The second-order valence-corrected chi connectivity index (χ2v) is 7.49. The maximum Gasteiger partial charge on any atom is 0.234 e. The third-order valence-electron chi connectivity index (χ3n) is 2.99. The maximum absolute atomic E-state index is 12.0. The number of aromatic nitrogens is 3. The summed E-state index contributed by atoms with van der Waals surface area (Å²) in [5.41, 5.74) is 1.86. The molecule has 0 fully saturated rings. The zero-order valence-electron chi connectivity index (χ0n) is 12.2. The smallest absolute Gasteiger partial charge is 0.234 e. The van der Waals surface area contributed by atoms with E-state index in [0.717, 1.165) is 26.4 Å². The van der Waals surface area contributed by atoms with Gasteiger partial charge >= 0.3 is 0 Å². The highest BCUT2D eigenvalue weighted by Crippen LogP contribution is 2.23. The Bertz CT molecular complexity index is 817. The van der Waals surface area contributed by atoms with Crippen LogP contribution in [0.2, 0.25) is 0 Å². The van der Waals surface area contributed by atoms with Crippen LogP contribution >= 0.6 is 39.0 Å². The first-order valence-electron chi connectivity index (χ1n) is 6.77. The van der Waals surface area contributed by atoms with Crippen LogP contribution in [-0.2, 0) is 4.79 Å². The standard InChI is InChI=1S/C15H13BrN4OS2/c1-9-7-10(4-5-11(9)16)17-13(21)8-23-15-18-14(19-20-15)12-3-2-6-22-12/h2-7H,8H2,1H3,(H,17,21)(H,18,19,20). The van der Waals surface area contributed by atoms with Crippen molar-refractivity contribution >= 4 is 50.6 Å². The lowest BCUT2D eigenvalue weighted by Crippen LogP contribution is -2.14. The zero-order chi connectivity index (χ0) is 16.2. The summed E-state index contributed by atoms with van der Waals surface area (Å²) in [7, 11) is 0. The van der Waals surface area contributed by atoms with Gasteiger partial charge in [0.15, 0.2) is 5.82 Å². The molecule has 23 heavy (non-hydrogen) atoms. The Hall–Kier alpha value is -1.64. The Morgan fingerprint density at radius 2 is 2.30 bits per heavy atom. The summed E-state index contributed by atoms with van der Waals surface area (Å²) in [5, 5.41) is 12.4. The average molecular weight is 409 g/mol. The fourth-order valence-corrected chi connectivity index (χ4v) is 3.39. The van der Waals surface area contributed by atoms with E-state index in [2.05, 4.69) is 36.4 Å². The molecule has 0 spiro atoms. The monoisotopic (exact) mass is 408 g/mol. The predicted octanol–water partition coefficient (Wildman–Crippen LogP) is 4.33. The first kappa shape index (κ1) is 16.2. The molecular weight excluding hydrogens is 396 g/mol. The van der Waals surface area contributed by atoms with Gasteiger partial charge in [0.25, 0.3) is 0 Å². The van der Waals surface area contributed by atoms with E-state index >= 15 is 0 Å². The molecule has 0 aliphatic carbocycles. The second-order valence-electron chi connectivity index (χ2n) is 4.74. The summed E-state index contributed by atoms with van der Waals surface area (Å²) >= 11 is 6.33. The van der Waals surface area contributed by atoms with Crippen LogP contribution in [0.4, 0.5) is 5.69 Å². The molecule has 1 aromatic carbocycles. The van der Waals surface area contributed by atoms with E-state index < -0.39 is 0 Å². The number of nitrogens with one attached hydrogen (secondary N) is 2. The van der Waals surface area contributed by atoms with Crippen LogP contribution in [-0.4, -0.2) is 26.8 Å². The van der Waals surface area contributed by atoms with E-state index in [1.165, 1.54) is 11.8 Å². The number of carbonyl (C=O) groups excluding carboxylic acids is 1. The van der Waals surface area contributed by atoms with E-state index in [4.69, 9.17) is 0 Å². The molecule has 0 bridgehead atoms. The van der Waals surface area contributed by atoms with Crippen LogP contribution in [0.15, 0.2) is 45.3 Å². The van der Waals surface area contributed by atoms with Gasteiger partial charge in [-0.25, -0.2) is 4.98 Å². The number of aromatic amines is 1. The van der Waals surface area contributed by atoms with Crippen molar-refractivity contribution in [2.45, 2.75) is 12.1 Å². The number of hydrogen-bond donors (Lipinski definition) is 2. The first-order valence-corrected chi connectivity index (χ1v) is 9.43. The van der Waals surface area contributed by atoms with Gasteiger partial charge in [-0.3, -0.25) is 9.89 Å². The number of benzene rings is 1. The van der Waals surface area contributed by atoms with Gasteiger partial charge in [0.2, 0.25) is 11.1 Å². The Kier molecular flexibility index (Phi) is 5.14. The van der Waals surface area contributed by atoms with Gasteiger partial charge in [-0.05, 0) is 42.1 Å². The number of anilines is 1. The lowest BCUT2D eigenvalue weighted by Gasteiger charge is -2.06. The zero-order valence-corrected chi connectivity index (χ0v) is 15.4. The third kappa shape index (κ3) is 4.21. The molecule has 0 unspecified atom stereocenters. The van der Waals surface area contributed by atoms with Crippen molar-refractivity contribution in [3.63, 3.8) is 0 Å². The van der Waals surface area contributed by atoms with E-state index in [1.54, 1.807) is 11.3 Å². The van der Waals surface area contributed by atoms with Crippen molar-refractivity contribution in [2.24, 2.45) is 0 Å². The largest absolute Gasteiger partial charge is 0.325 e. The molecular formula is C15H13BrN4OS2. The number of amides is 1. The second kappa shape index (κ2) is 7.29. The Morgan fingerprint density at radius 3 is 3.04 bits per heavy atom. The molecule has 2 heterocycles. The molecule has 2 N–H and O–H groups in total. The van der Waals surface area contributed by atoms with Gasteiger partial charge < -0.3 is 5.32 Å². The summed E-state index contributed by atoms with van der Waals surface area (Å²) in [6, 6.07) is 9.64. The number of halogens is 1. The molecule has 2 aromatic heterocycles. The van der Waals surface area contributed by atoms with Crippen LogP contribution in [0.1, 0.15) is 5.56 Å². The van der Waals surface area contributed by atoms with Gasteiger partial charge in [-0.2, -0.15) is 0 Å². The quantitative estimate of drug-likeness (QED) is 0.616. The van der Waals surface area contributed by atoms with Crippen LogP contribution < -0.4 is 5.32 Å². The van der Waals surface area contributed by atoms with Crippen molar-refractivity contribution in [1.82, 2.24) is 15.2 Å². The van der Waals surface area contributed by atoms with Crippen molar-refractivity contribution in [3.8, 4) is 10.7 Å². The first-order chi connectivity index (χ1) is 11.1. The minimum Gasteiger partial charge on any atom is -0.325 e. The number of aryl methyl sites for hydroxylation is 1. The van der Waals surface area contributed by atoms with Gasteiger partial charge in [-0.15, -0.1) is 16.4 Å². The molecule has 1 amide bonds. The molecule has 3 aromatic rings. The molecule has 0 atom stereocenters. The van der Waals surface area contributed by atoms with E-state index in [9.17, 15) is 4.79 Å². The number of thiophene rings is 1. The normalized spacial score (nSPS) is 10.7. The minimum absolute atomic E-state index is 0.0841. The van der Waals surface area contributed by atoms with Crippen molar-refractivity contribution in [2.75, 3.05) is 11.1 Å². The van der Waals surface area contributed by atoms with Crippen molar-refractivity contribution < 1.29 is 4.79 Å². The molecule has 3 rings (SSSR count). The number of thioether (sulfide) groups is 1. The summed E-state index contributed by atoms with van der Waals surface area (Å²) < 4.78 is 1.02. The van der Waals surface area contributed by atoms with Crippen LogP contribution in [0.25, 0.3) is 10.7 Å². The van der Waals surface area contributed by atoms with Crippen LogP contribution in [0, 0.1) is 6.92 Å². The Labute approximate surface area is 150 Å². The topological polar surface area (TPSA) is 70.7 Å². The summed E-state index contributed by atoms with van der Waals surface area (Å²) in [5.74, 6) is 0.905. The summed E-state index contributed by atoms with van der Waals surface area (Å²) in [4.78, 5) is 17.4. The molecule has 8 heteroatoms. The van der Waals surface area contributed by atoms with Crippen molar-refractivity contribution in [1.29, 1.82) is 0 Å². The molecule has 118 valence electrons. The Morgan fingerprint density at radius 1 is 1.43 bits per heavy atom. The predicted molar refractivity (Wildman–Crippen MR) is 97.9 cm³/mol. The number of H-pyrrole nitrogens is 1. The maximum atomic E-state index is 12.0. The lowest BCUT2D eigenvalue weighted by molar-refractivity contribution is -0.113.